The molecule has 3 heteroatoms. The summed E-state index contributed by atoms with van der Waals surface area (Å²) in [5, 5.41) is 0. The zero-order valence-electron chi connectivity index (χ0n) is 7.78. The Labute approximate surface area is 73.0 Å². The Kier molecular flexibility index (Phi) is 2.87. The third-order valence-corrected chi connectivity index (χ3v) is 2.25. The molecule has 12 heavy (non-hydrogen) atoms. The Hall–Kier alpha value is -0.830. The lowest BCUT2D eigenvalue weighted by molar-refractivity contribution is -0.142. The minimum absolute atomic E-state index is 0.169. The van der Waals surface area contributed by atoms with Gasteiger partial charge in [-0.05, 0) is 13.8 Å². The summed E-state index contributed by atoms with van der Waals surface area (Å²) in [6, 6.07) is 0.693. The second-order valence-corrected chi connectivity index (χ2v) is 3.11. The van der Waals surface area contributed by atoms with Gasteiger partial charge in [0.2, 0.25) is 0 Å². The molecule has 0 bridgehead atoms. The van der Waals surface area contributed by atoms with Gasteiger partial charge in [-0.3, -0.25) is 9.69 Å². The van der Waals surface area contributed by atoms with Crippen LogP contribution in [0.4, 0.5) is 0 Å². The number of nitrogens with zero attached hydrogens (tertiary/aromatic N) is 1. The Morgan fingerprint density at radius 1 is 1.42 bits per heavy atom. The number of esters is 1. The number of carbonyl (C=O) groups is 1. The van der Waals surface area contributed by atoms with E-state index in [9.17, 15) is 4.79 Å². The van der Waals surface area contributed by atoms with Crippen LogP contribution in [0.3, 0.4) is 0 Å². The molecule has 0 aromatic carbocycles. The largest absolute Gasteiger partial charge is 0.468 e. The van der Waals surface area contributed by atoms with Crippen molar-refractivity contribution in [1.82, 2.24) is 4.90 Å². The minimum Gasteiger partial charge on any atom is -0.468 e. The van der Waals surface area contributed by atoms with Crippen molar-refractivity contribution in [3.63, 3.8) is 0 Å². The smallest absolute Gasteiger partial charge is 0.319 e. The summed E-state index contributed by atoms with van der Waals surface area (Å²) >= 11 is 0. The van der Waals surface area contributed by atoms with Gasteiger partial charge in [-0.15, -0.1) is 0 Å². The maximum Gasteiger partial charge on any atom is 0.319 e. The molecule has 0 spiro atoms. The second kappa shape index (κ2) is 3.72. The molecule has 1 heterocycles. The van der Waals surface area contributed by atoms with Crippen LogP contribution >= 0.6 is 0 Å². The molecule has 0 saturated heterocycles. The fourth-order valence-corrected chi connectivity index (χ4v) is 1.42. The summed E-state index contributed by atoms with van der Waals surface area (Å²) in [7, 11) is 1.42. The molecule has 1 aliphatic heterocycles. The van der Waals surface area contributed by atoms with E-state index in [1.54, 1.807) is 0 Å². The topological polar surface area (TPSA) is 29.5 Å². The van der Waals surface area contributed by atoms with Crippen LogP contribution in [0.1, 0.15) is 13.8 Å². The number of methoxy groups -OCH3 is 1. The van der Waals surface area contributed by atoms with Crippen molar-refractivity contribution in [1.29, 1.82) is 0 Å². The van der Waals surface area contributed by atoms with Crippen molar-refractivity contribution in [3.8, 4) is 0 Å². The van der Waals surface area contributed by atoms with Crippen LogP contribution in [0.2, 0.25) is 0 Å². The van der Waals surface area contributed by atoms with Gasteiger partial charge in [-0.25, -0.2) is 0 Å². The Morgan fingerprint density at radius 3 is 2.33 bits per heavy atom. The standard InChI is InChI=1S/C9H15NO2/c1-7-4-5-8(2)10(7)6-9(11)12-3/h4-5,7-8H,6H2,1-3H3. The van der Waals surface area contributed by atoms with Crippen molar-refractivity contribution in [3.05, 3.63) is 12.2 Å². The summed E-state index contributed by atoms with van der Waals surface area (Å²) in [6.45, 7) is 4.53. The average Bonchev–Trinajstić information content (AvgIpc) is 2.35. The highest BCUT2D eigenvalue weighted by molar-refractivity contribution is 5.71. The molecule has 0 fully saturated rings. The van der Waals surface area contributed by atoms with E-state index in [-0.39, 0.29) is 5.97 Å². The summed E-state index contributed by atoms with van der Waals surface area (Å²) in [6.07, 6.45) is 4.21. The normalized spacial score (nSPS) is 29.2. The minimum atomic E-state index is -0.169. The van der Waals surface area contributed by atoms with Crippen molar-refractivity contribution in [2.24, 2.45) is 0 Å². The molecule has 1 rings (SSSR count). The second-order valence-electron chi connectivity index (χ2n) is 3.11. The summed E-state index contributed by atoms with van der Waals surface area (Å²) in [5.41, 5.74) is 0. The van der Waals surface area contributed by atoms with E-state index in [1.165, 1.54) is 7.11 Å². The molecule has 0 aromatic heterocycles. The maximum absolute atomic E-state index is 11.0. The van der Waals surface area contributed by atoms with Crippen molar-refractivity contribution in [2.75, 3.05) is 13.7 Å². The van der Waals surface area contributed by atoms with Gasteiger partial charge < -0.3 is 4.74 Å². The number of carbonyl (C=O) groups excluding carboxylic acids is 1. The molecule has 0 aliphatic carbocycles. The van der Waals surface area contributed by atoms with Gasteiger partial charge in [0.25, 0.3) is 0 Å². The van der Waals surface area contributed by atoms with E-state index < -0.39 is 0 Å². The van der Waals surface area contributed by atoms with E-state index in [2.05, 4.69) is 35.6 Å². The molecule has 2 atom stereocenters. The zero-order chi connectivity index (χ0) is 9.14. The summed E-state index contributed by atoms with van der Waals surface area (Å²) in [4.78, 5) is 13.1. The van der Waals surface area contributed by atoms with Gasteiger partial charge in [-0.2, -0.15) is 0 Å². The van der Waals surface area contributed by atoms with Gasteiger partial charge in [0, 0.05) is 12.1 Å². The summed E-state index contributed by atoms with van der Waals surface area (Å²) < 4.78 is 4.60. The third kappa shape index (κ3) is 1.85. The molecule has 68 valence electrons. The molecule has 1 aliphatic rings. The zero-order valence-corrected chi connectivity index (χ0v) is 7.78. The van der Waals surface area contributed by atoms with Crippen LogP contribution in [0.25, 0.3) is 0 Å². The fraction of sp³-hybridized carbons (Fsp3) is 0.667. The molecular weight excluding hydrogens is 154 g/mol. The molecule has 0 amide bonds. The van der Waals surface area contributed by atoms with E-state index >= 15 is 0 Å². The van der Waals surface area contributed by atoms with E-state index in [0.717, 1.165) is 0 Å². The lowest BCUT2D eigenvalue weighted by atomic mass is 10.3. The predicted molar refractivity (Wildman–Crippen MR) is 46.8 cm³/mol. The van der Waals surface area contributed by atoms with E-state index in [1.807, 2.05) is 0 Å². The first-order chi connectivity index (χ1) is 5.65. The van der Waals surface area contributed by atoms with Crippen molar-refractivity contribution in [2.45, 2.75) is 25.9 Å². The highest BCUT2D eigenvalue weighted by atomic mass is 16.5. The first kappa shape index (κ1) is 9.26. The molecule has 0 N–H and O–H groups in total. The lowest BCUT2D eigenvalue weighted by Crippen LogP contribution is -2.38. The molecular formula is C9H15NO2. The first-order valence-electron chi connectivity index (χ1n) is 4.16. The molecule has 2 unspecified atom stereocenters. The molecule has 0 radical (unpaired) electrons. The maximum atomic E-state index is 11.0. The van der Waals surface area contributed by atoms with Gasteiger partial charge in [-0.1, -0.05) is 12.2 Å². The number of rotatable bonds is 2. The van der Waals surface area contributed by atoms with Crippen LogP contribution in [-0.2, 0) is 9.53 Å². The fourth-order valence-electron chi connectivity index (χ4n) is 1.42. The highest BCUT2D eigenvalue weighted by Gasteiger charge is 2.24. The highest BCUT2D eigenvalue weighted by Crippen LogP contribution is 2.15. The third-order valence-electron chi connectivity index (χ3n) is 2.25. The number of ether oxygens (including phenoxy) is 1. The van der Waals surface area contributed by atoms with E-state index in [4.69, 9.17) is 0 Å². The first-order valence-corrected chi connectivity index (χ1v) is 4.16. The van der Waals surface area contributed by atoms with Gasteiger partial charge in [0.05, 0.1) is 13.7 Å². The number of hydrogen-bond acceptors (Lipinski definition) is 3. The van der Waals surface area contributed by atoms with Gasteiger partial charge in [0.15, 0.2) is 0 Å². The average molecular weight is 169 g/mol. The van der Waals surface area contributed by atoms with Crippen molar-refractivity contribution < 1.29 is 9.53 Å². The number of hydrogen-bond donors (Lipinski definition) is 0. The van der Waals surface area contributed by atoms with Crippen LogP contribution in [0.5, 0.6) is 0 Å². The lowest BCUT2D eigenvalue weighted by Gasteiger charge is -2.24. The van der Waals surface area contributed by atoms with Crippen LogP contribution in [0.15, 0.2) is 12.2 Å². The summed E-state index contributed by atoms with van der Waals surface area (Å²) in [5.74, 6) is -0.169. The quantitative estimate of drug-likeness (QED) is 0.452. The molecule has 3 nitrogen and oxygen atoms in total. The van der Waals surface area contributed by atoms with Crippen LogP contribution < -0.4 is 0 Å². The van der Waals surface area contributed by atoms with Gasteiger partial charge >= 0.3 is 5.97 Å². The monoisotopic (exact) mass is 169 g/mol. The Morgan fingerprint density at radius 2 is 1.92 bits per heavy atom. The van der Waals surface area contributed by atoms with Crippen LogP contribution in [-0.4, -0.2) is 36.6 Å². The van der Waals surface area contributed by atoms with Crippen molar-refractivity contribution >= 4 is 5.97 Å². The molecule has 0 saturated carbocycles. The SMILES string of the molecule is COC(=O)CN1C(C)C=CC1C. The van der Waals surface area contributed by atoms with Gasteiger partial charge in [0.1, 0.15) is 0 Å². The van der Waals surface area contributed by atoms with E-state index in [0.29, 0.717) is 18.6 Å². The predicted octanol–water partition coefficient (Wildman–Crippen LogP) is 0.808. The molecule has 0 aromatic rings. The Balaban J connectivity index is 2.47. The van der Waals surface area contributed by atoms with Crippen LogP contribution in [0, 0.1) is 0 Å². The Bertz CT molecular complexity index is 189.